The molecule has 1 aromatic rings. The average molecular weight is 251 g/mol. The molecular formula is C12H17N3O3. The van der Waals surface area contributed by atoms with Crippen molar-refractivity contribution in [3.05, 3.63) is 24.0 Å². The van der Waals surface area contributed by atoms with Crippen LogP contribution in [0.4, 0.5) is 5.69 Å². The Morgan fingerprint density at radius 2 is 2.11 bits per heavy atom. The molecule has 1 heterocycles. The SMILES string of the molecule is CC(C)C(CNC(=O)c1ccc(N)cn1)C(=O)O. The van der Waals surface area contributed by atoms with Crippen LogP contribution in [0, 0.1) is 11.8 Å². The third-order valence-electron chi connectivity index (χ3n) is 2.62. The number of carboxylic acid groups (broad SMARTS) is 1. The molecule has 0 radical (unpaired) electrons. The molecule has 0 bridgehead atoms. The first kappa shape index (κ1) is 14.0. The molecule has 4 N–H and O–H groups in total. The molecule has 0 spiro atoms. The lowest BCUT2D eigenvalue weighted by molar-refractivity contribution is -0.142. The van der Waals surface area contributed by atoms with Gasteiger partial charge < -0.3 is 16.2 Å². The summed E-state index contributed by atoms with van der Waals surface area (Å²) in [5.74, 6) is -1.98. The molecule has 0 saturated heterocycles. The summed E-state index contributed by atoms with van der Waals surface area (Å²) in [5.41, 5.74) is 6.15. The van der Waals surface area contributed by atoms with Crippen molar-refractivity contribution >= 4 is 17.6 Å². The van der Waals surface area contributed by atoms with Gasteiger partial charge in [0.2, 0.25) is 0 Å². The smallest absolute Gasteiger partial charge is 0.308 e. The third-order valence-corrected chi connectivity index (χ3v) is 2.62. The minimum Gasteiger partial charge on any atom is -0.481 e. The molecule has 0 saturated carbocycles. The van der Waals surface area contributed by atoms with Crippen molar-refractivity contribution in [2.75, 3.05) is 12.3 Å². The van der Waals surface area contributed by atoms with Crippen molar-refractivity contribution in [3.63, 3.8) is 0 Å². The van der Waals surface area contributed by atoms with E-state index in [1.54, 1.807) is 19.9 Å². The first-order chi connectivity index (χ1) is 8.41. The third kappa shape index (κ3) is 3.73. The number of nitrogen functional groups attached to an aromatic ring is 1. The number of nitrogens with one attached hydrogen (secondary N) is 1. The second-order valence-corrected chi connectivity index (χ2v) is 4.38. The van der Waals surface area contributed by atoms with Gasteiger partial charge in [0, 0.05) is 6.54 Å². The van der Waals surface area contributed by atoms with Gasteiger partial charge in [-0.3, -0.25) is 9.59 Å². The van der Waals surface area contributed by atoms with E-state index in [1.165, 1.54) is 12.3 Å². The molecule has 98 valence electrons. The van der Waals surface area contributed by atoms with E-state index in [0.29, 0.717) is 5.69 Å². The van der Waals surface area contributed by atoms with Crippen LogP contribution in [0.5, 0.6) is 0 Å². The molecule has 0 aliphatic heterocycles. The lowest BCUT2D eigenvalue weighted by atomic mass is 9.96. The fourth-order valence-electron chi connectivity index (χ4n) is 1.44. The Hall–Kier alpha value is -2.11. The molecule has 1 amide bonds. The van der Waals surface area contributed by atoms with E-state index in [0.717, 1.165) is 0 Å². The molecule has 18 heavy (non-hydrogen) atoms. The molecule has 0 aliphatic carbocycles. The van der Waals surface area contributed by atoms with Crippen molar-refractivity contribution in [2.45, 2.75) is 13.8 Å². The van der Waals surface area contributed by atoms with Crippen molar-refractivity contribution in [2.24, 2.45) is 11.8 Å². The predicted molar refractivity (Wildman–Crippen MR) is 66.9 cm³/mol. The summed E-state index contributed by atoms with van der Waals surface area (Å²) in [6.07, 6.45) is 1.38. The summed E-state index contributed by atoms with van der Waals surface area (Å²) in [6.45, 7) is 3.68. The number of amides is 1. The van der Waals surface area contributed by atoms with Crippen LogP contribution in [-0.2, 0) is 4.79 Å². The molecule has 1 atom stereocenters. The molecule has 0 aromatic carbocycles. The summed E-state index contributed by atoms with van der Waals surface area (Å²) in [7, 11) is 0. The largest absolute Gasteiger partial charge is 0.481 e. The highest BCUT2D eigenvalue weighted by Crippen LogP contribution is 2.10. The summed E-state index contributed by atoms with van der Waals surface area (Å²) < 4.78 is 0. The molecule has 0 aliphatic rings. The Kier molecular flexibility index (Phi) is 4.65. The highest BCUT2D eigenvalue weighted by molar-refractivity contribution is 5.92. The van der Waals surface area contributed by atoms with Gasteiger partial charge in [-0.1, -0.05) is 13.8 Å². The maximum atomic E-state index is 11.7. The lowest BCUT2D eigenvalue weighted by Crippen LogP contribution is -2.35. The standard InChI is InChI=1S/C12H17N3O3/c1-7(2)9(12(17)18)6-15-11(16)10-4-3-8(13)5-14-10/h3-5,7,9H,6,13H2,1-2H3,(H,15,16)(H,17,18). The zero-order valence-electron chi connectivity index (χ0n) is 10.4. The highest BCUT2D eigenvalue weighted by atomic mass is 16.4. The van der Waals surface area contributed by atoms with Gasteiger partial charge >= 0.3 is 5.97 Å². The van der Waals surface area contributed by atoms with Crippen molar-refractivity contribution in [1.82, 2.24) is 10.3 Å². The zero-order chi connectivity index (χ0) is 13.7. The molecule has 1 unspecified atom stereocenters. The van der Waals surface area contributed by atoms with Gasteiger partial charge in [-0.2, -0.15) is 0 Å². The number of pyridine rings is 1. The Balaban J connectivity index is 2.60. The number of carbonyl (C=O) groups excluding carboxylic acids is 1. The van der Waals surface area contributed by atoms with E-state index in [-0.39, 0.29) is 18.2 Å². The van der Waals surface area contributed by atoms with Crippen molar-refractivity contribution in [3.8, 4) is 0 Å². The molecule has 6 nitrogen and oxygen atoms in total. The maximum absolute atomic E-state index is 11.7. The van der Waals surface area contributed by atoms with E-state index < -0.39 is 17.8 Å². The number of hydrogen-bond acceptors (Lipinski definition) is 4. The van der Waals surface area contributed by atoms with E-state index in [9.17, 15) is 9.59 Å². The second kappa shape index (κ2) is 6.00. The van der Waals surface area contributed by atoms with Crippen LogP contribution in [0.3, 0.4) is 0 Å². The van der Waals surface area contributed by atoms with Crippen LogP contribution in [-0.4, -0.2) is 28.5 Å². The Morgan fingerprint density at radius 3 is 2.56 bits per heavy atom. The number of carbonyl (C=O) groups is 2. The topological polar surface area (TPSA) is 105 Å². The molecule has 1 aromatic heterocycles. The van der Waals surface area contributed by atoms with Gasteiger partial charge in [0.1, 0.15) is 5.69 Å². The first-order valence-electron chi connectivity index (χ1n) is 5.64. The van der Waals surface area contributed by atoms with Crippen molar-refractivity contribution in [1.29, 1.82) is 0 Å². The van der Waals surface area contributed by atoms with Gasteiger partial charge in [-0.15, -0.1) is 0 Å². The summed E-state index contributed by atoms with van der Waals surface area (Å²) in [4.78, 5) is 26.5. The van der Waals surface area contributed by atoms with Crippen LogP contribution >= 0.6 is 0 Å². The minimum atomic E-state index is -0.921. The summed E-state index contributed by atoms with van der Waals surface area (Å²) >= 11 is 0. The van der Waals surface area contributed by atoms with Crippen LogP contribution in [0.2, 0.25) is 0 Å². The fraction of sp³-hybridized carbons (Fsp3) is 0.417. The lowest BCUT2D eigenvalue weighted by Gasteiger charge is -2.16. The Bertz CT molecular complexity index is 429. The number of aromatic nitrogens is 1. The number of rotatable bonds is 5. The van der Waals surface area contributed by atoms with E-state index in [1.807, 2.05) is 0 Å². The Labute approximate surface area is 105 Å². The first-order valence-corrected chi connectivity index (χ1v) is 5.64. The van der Waals surface area contributed by atoms with Gasteiger partial charge in [0.25, 0.3) is 5.91 Å². The minimum absolute atomic E-state index is 0.0535. The van der Waals surface area contributed by atoms with Crippen molar-refractivity contribution < 1.29 is 14.7 Å². The summed E-state index contributed by atoms with van der Waals surface area (Å²) in [6, 6.07) is 3.06. The maximum Gasteiger partial charge on any atom is 0.308 e. The van der Waals surface area contributed by atoms with Crippen LogP contribution < -0.4 is 11.1 Å². The number of carboxylic acids is 1. The number of nitrogens with two attached hydrogens (primary N) is 1. The van der Waals surface area contributed by atoms with Gasteiger partial charge in [-0.05, 0) is 18.1 Å². The molecular weight excluding hydrogens is 234 g/mol. The number of aliphatic carboxylic acids is 1. The monoisotopic (exact) mass is 251 g/mol. The number of nitrogens with zero attached hydrogens (tertiary/aromatic N) is 1. The second-order valence-electron chi connectivity index (χ2n) is 4.38. The van der Waals surface area contributed by atoms with E-state index >= 15 is 0 Å². The predicted octanol–water partition coefficient (Wildman–Crippen LogP) is 0.750. The molecule has 1 rings (SSSR count). The van der Waals surface area contributed by atoms with Gasteiger partial charge in [0.15, 0.2) is 0 Å². The van der Waals surface area contributed by atoms with Crippen LogP contribution in [0.15, 0.2) is 18.3 Å². The normalized spacial score (nSPS) is 12.2. The number of hydrogen-bond donors (Lipinski definition) is 3. The van der Waals surface area contributed by atoms with Crippen LogP contribution in [0.25, 0.3) is 0 Å². The Morgan fingerprint density at radius 1 is 1.44 bits per heavy atom. The van der Waals surface area contributed by atoms with E-state index in [4.69, 9.17) is 10.8 Å². The van der Waals surface area contributed by atoms with E-state index in [2.05, 4.69) is 10.3 Å². The highest BCUT2D eigenvalue weighted by Gasteiger charge is 2.22. The zero-order valence-corrected chi connectivity index (χ0v) is 10.4. The van der Waals surface area contributed by atoms with Gasteiger partial charge in [-0.25, -0.2) is 4.98 Å². The molecule has 0 fully saturated rings. The molecule has 6 heteroatoms. The van der Waals surface area contributed by atoms with Crippen LogP contribution in [0.1, 0.15) is 24.3 Å². The number of anilines is 1. The van der Waals surface area contributed by atoms with Gasteiger partial charge in [0.05, 0.1) is 17.8 Å². The fourth-order valence-corrected chi connectivity index (χ4v) is 1.44. The summed E-state index contributed by atoms with van der Waals surface area (Å²) in [5, 5.41) is 11.5. The quantitative estimate of drug-likeness (QED) is 0.716. The average Bonchev–Trinajstić information content (AvgIpc) is 2.28.